The summed E-state index contributed by atoms with van der Waals surface area (Å²) in [6.45, 7) is 2.12. The Hall–Kier alpha value is -8.00. The molecular formula is C49H101N19O9. The predicted molar refractivity (Wildman–Crippen MR) is 333 cm³/mol. The lowest BCUT2D eigenvalue weighted by atomic mass is 10.0. The van der Waals surface area contributed by atoms with Crippen molar-refractivity contribution in [2.75, 3.05) is 10.6 Å². The predicted octanol–water partition coefficient (Wildman–Crippen LogP) is 9.83. The highest BCUT2D eigenvalue weighted by Gasteiger charge is 2.13. The number of aryl methyl sites for hydroxylation is 1. The fraction of sp³-hybridized carbons (Fsp3) is 0.0204. The van der Waals surface area contributed by atoms with Crippen molar-refractivity contribution in [3.63, 3.8) is 0 Å². The summed E-state index contributed by atoms with van der Waals surface area (Å²) in [5.74, 6) is 0. The van der Waals surface area contributed by atoms with Gasteiger partial charge in [-0.2, -0.15) is 0 Å². The fourth-order valence-electron chi connectivity index (χ4n) is 7.21. The van der Waals surface area contributed by atoms with Crippen molar-refractivity contribution < 1.29 is 48.2 Å². The maximum Gasteiger partial charge on any atom is 0.143 e. The van der Waals surface area contributed by atoms with Crippen LogP contribution in [0.25, 0.3) is 60.6 Å². The molecule has 10 aromatic rings. The molecule has 0 aliphatic rings. The highest BCUT2D eigenvalue weighted by atomic mass is 16.3. The Labute approximate surface area is 450 Å². The summed E-state index contributed by atoms with van der Waals surface area (Å²) in [7, 11) is 0. The number of rotatable bonds is 6. The summed E-state index contributed by atoms with van der Waals surface area (Å²) < 4.78 is 8.53. The van der Waals surface area contributed by atoms with Gasteiger partial charge in [0, 0.05) is 55.5 Å². The van der Waals surface area contributed by atoms with Crippen LogP contribution >= 0.6 is 0 Å². The molecular weight excluding hydrogens is 999 g/mol. The summed E-state index contributed by atoms with van der Waals surface area (Å²) in [6.07, 6.45) is 0. The lowest BCUT2D eigenvalue weighted by Gasteiger charge is -2.13. The number of benzene rings is 8. The lowest BCUT2D eigenvalue weighted by molar-refractivity contribution is 0.670. The molecule has 446 valence electrons. The molecule has 2 aromatic heterocycles. The van der Waals surface area contributed by atoms with Crippen LogP contribution in [0.15, 0.2) is 199 Å². The molecule has 77 heavy (non-hydrogen) atoms. The van der Waals surface area contributed by atoms with Gasteiger partial charge in [-0.25, -0.2) is 0 Å². The van der Waals surface area contributed by atoms with E-state index in [9.17, 15) is 0 Å². The molecule has 0 aliphatic carbocycles. The van der Waals surface area contributed by atoms with E-state index in [1.165, 1.54) is 33.1 Å². The number of nitrogens with one attached hydrogen (secondary N) is 2. The molecule has 10 rings (SSSR count). The molecule has 0 atom stereocenters. The molecule has 28 nitrogen and oxygen atoms in total. The Bertz CT molecular complexity index is 2850. The molecule has 0 spiro atoms. The zero-order valence-corrected chi connectivity index (χ0v) is 44.6. The number of hydrogen-bond donors (Lipinski definition) is 18. The highest BCUT2D eigenvalue weighted by molar-refractivity contribution is 6.10. The molecule has 0 radical (unpaired) electrons. The molecule has 66 N–H and O–H groups in total. The quantitative estimate of drug-likeness (QED) is 0.0736. The van der Waals surface area contributed by atoms with E-state index in [0.29, 0.717) is 0 Å². The van der Waals surface area contributed by atoms with E-state index >= 15 is 0 Å². The number of hydrogen-bond acceptors (Lipinski definition) is 19. The first-order chi connectivity index (χ1) is 26.2. The monoisotopic (exact) mass is 1100 g/mol. The molecule has 28 heteroatoms. The standard InChI is InChI=1S/C31H24N2O.C18H13N.16H3N.8H2O/c1-21-20-25(18-19-29(21)33-23-8-3-2-4-9-23)32-24-16-14-22(15-17-24)26-11-7-12-28-27-10-5-6-13-30(27)34-31(26)28;1-2-8-14(9-3-1)19-17-12-6-4-10-15(17)16-11-5-7-13-18(16)19;;;;;;;;;;;;;;;;;;;;;;;;/h2-20,32-33H,1H3;1-13H;16*1H3;8*1H2. The smallest absolute Gasteiger partial charge is 0.143 e. The van der Waals surface area contributed by atoms with Crippen LogP contribution in [0.4, 0.5) is 22.7 Å². The molecule has 2 heterocycles. The number of fused-ring (bicyclic) bond motifs is 6. The van der Waals surface area contributed by atoms with Gasteiger partial charge in [0.15, 0.2) is 0 Å². The van der Waals surface area contributed by atoms with Crippen LogP contribution in [0.2, 0.25) is 0 Å². The molecule has 0 unspecified atom stereocenters. The van der Waals surface area contributed by atoms with E-state index < -0.39 is 0 Å². The van der Waals surface area contributed by atoms with Gasteiger partial charge in [0.1, 0.15) is 11.2 Å². The van der Waals surface area contributed by atoms with Gasteiger partial charge in [-0.05, 0) is 90.8 Å². The summed E-state index contributed by atoms with van der Waals surface area (Å²) in [4.78, 5) is 0. The van der Waals surface area contributed by atoms with Crippen molar-refractivity contribution in [3.8, 4) is 16.8 Å². The molecule has 0 aliphatic heterocycles. The first-order valence-electron chi connectivity index (χ1n) is 17.9. The second-order valence-electron chi connectivity index (χ2n) is 13.2. The average molecular weight is 1100 g/mol. The third-order valence-corrected chi connectivity index (χ3v) is 9.76. The Morgan fingerprint density at radius 2 is 0.714 bits per heavy atom. The van der Waals surface area contributed by atoms with E-state index in [0.717, 1.165) is 55.8 Å². The number of para-hydroxylation sites is 6. The van der Waals surface area contributed by atoms with E-state index in [2.05, 4.69) is 186 Å². The van der Waals surface area contributed by atoms with Crippen molar-refractivity contribution in [3.05, 3.63) is 200 Å². The highest BCUT2D eigenvalue weighted by Crippen LogP contribution is 2.36. The van der Waals surface area contributed by atoms with Crippen molar-refractivity contribution in [2.45, 2.75) is 6.92 Å². The fourth-order valence-corrected chi connectivity index (χ4v) is 7.21. The topological polar surface area (TPSA) is 854 Å². The van der Waals surface area contributed by atoms with Crippen LogP contribution in [-0.4, -0.2) is 48.4 Å². The Morgan fingerprint density at radius 1 is 0.325 bits per heavy atom. The second kappa shape index (κ2) is 50.2. The molecule has 0 saturated carbocycles. The maximum absolute atomic E-state index is 6.21. The largest absolute Gasteiger partial charge is 0.455 e. The average Bonchev–Trinajstić information content (AvgIpc) is 3.77. The third kappa shape index (κ3) is 22.8. The van der Waals surface area contributed by atoms with E-state index in [1.54, 1.807) is 0 Å². The van der Waals surface area contributed by atoms with Gasteiger partial charge in [0.05, 0.1) is 11.0 Å². The summed E-state index contributed by atoms with van der Waals surface area (Å²) in [5.41, 5.74) is 13.3. The van der Waals surface area contributed by atoms with Crippen LogP contribution in [0, 0.1) is 6.92 Å². The Kier molecular flexibility index (Phi) is 74.0. The van der Waals surface area contributed by atoms with Crippen molar-refractivity contribution >= 4 is 66.5 Å². The molecule has 8 aromatic carbocycles. The van der Waals surface area contributed by atoms with Crippen molar-refractivity contribution in [2.24, 2.45) is 0 Å². The van der Waals surface area contributed by atoms with Gasteiger partial charge in [-0.1, -0.05) is 121 Å². The van der Waals surface area contributed by atoms with E-state index in [1.807, 2.05) is 30.3 Å². The third-order valence-electron chi connectivity index (χ3n) is 9.76. The van der Waals surface area contributed by atoms with Crippen LogP contribution in [0.5, 0.6) is 0 Å². The van der Waals surface area contributed by atoms with Crippen molar-refractivity contribution in [1.82, 2.24) is 103 Å². The number of furan rings is 1. The summed E-state index contributed by atoms with van der Waals surface area (Å²) in [5, 5.41) is 11.9. The number of aromatic nitrogens is 1. The minimum Gasteiger partial charge on any atom is -0.455 e. The van der Waals surface area contributed by atoms with Crippen LogP contribution in [0.3, 0.4) is 0 Å². The van der Waals surface area contributed by atoms with E-state index in [4.69, 9.17) is 4.42 Å². The minimum atomic E-state index is 0. The number of anilines is 4. The summed E-state index contributed by atoms with van der Waals surface area (Å²) >= 11 is 0. The Morgan fingerprint density at radius 3 is 1.19 bits per heavy atom. The normalized spacial score (nSPS) is 7.65. The summed E-state index contributed by atoms with van der Waals surface area (Å²) in [6, 6.07) is 67.3. The van der Waals surface area contributed by atoms with Gasteiger partial charge in [0.2, 0.25) is 0 Å². The first kappa shape index (κ1) is 114. The van der Waals surface area contributed by atoms with Crippen LogP contribution in [-0.2, 0) is 0 Å². The zero-order chi connectivity index (χ0) is 35.6. The number of nitrogens with zero attached hydrogens (tertiary/aromatic N) is 1. The Balaban J connectivity index is -0.0000000560. The second-order valence-corrected chi connectivity index (χ2v) is 13.2. The minimum absolute atomic E-state index is 0. The molecule has 0 amide bonds. The zero-order valence-electron chi connectivity index (χ0n) is 44.6. The molecule has 0 bridgehead atoms. The van der Waals surface area contributed by atoms with Crippen LogP contribution in [0.1, 0.15) is 5.56 Å². The SMILES string of the molecule is Cc1cc(Nc2ccc(-c3cccc4c3oc3ccccc34)cc2)ccc1Nc1ccccc1.N.N.N.N.N.N.N.N.N.N.N.N.N.N.N.N.O.O.O.O.O.O.O.O.c1ccc(-n2c3ccccc3c3ccccc32)cc1. The van der Waals surface area contributed by atoms with Crippen molar-refractivity contribution in [1.29, 1.82) is 0 Å². The maximum atomic E-state index is 6.21. The van der Waals surface area contributed by atoms with Gasteiger partial charge < -0.3 is 162 Å². The molecule has 0 fully saturated rings. The lowest BCUT2D eigenvalue weighted by Crippen LogP contribution is -1.95. The first-order valence-corrected chi connectivity index (χ1v) is 17.9. The van der Waals surface area contributed by atoms with Gasteiger partial charge >= 0.3 is 0 Å². The van der Waals surface area contributed by atoms with Gasteiger partial charge in [0.25, 0.3) is 0 Å². The molecule has 0 saturated heterocycles. The van der Waals surface area contributed by atoms with Gasteiger partial charge in [-0.3, -0.25) is 0 Å². The van der Waals surface area contributed by atoms with Gasteiger partial charge in [-0.15, -0.1) is 0 Å². The van der Waals surface area contributed by atoms with E-state index in [-0.39, 0.29) is 142 Å². The van der Waals surface area contributed by atoms with Crippen LogP contribution < -0.4 is 109 Å².